The summed E-state index contributed by atoms with van der Waals surface area (Å²) in [5.41, 5.74) is 0. The number of unbranched alkanes of at least 4 members (excludes halogenated alkanes) is 21. The molecule has 0 aromatic heterocycles. The molecule has 0 aromatic rings. The number of carboxylic acids is 1. The van der Waals surface area contributed by atoms with Gasteiger partial charge < -0.3 is 23.8 Å². The molecule has 0 aromatic carbocycles. The van der Waals surface area contributed by atoms with Gasteiger partial charge in [-0.05, 0) is 38.5 Å². The van der Waals surface area contributed by atoms with Crippen LogP contribution < -0.4 is 0 Å². The number of likely N-dealkylation sites (N-methyl/N-ethyl adjacent to an activating group) is 1. The molecule has 0 amide bonds. The van der Waals surface area contributed by atoms with E-state index in [0.29, 0.717) is 19.3 Å². The summed E-state index contributed by atoms with van der Waals surface area (Å²) >= 11 is 0. The standard InChI is InChI=1S/C42H79NO7/c1-6-8-10-12-13-14-15-16-17-18-19-20-21-22-23-24-25-26-27-29-31-33-41(45)50-38(37-49-40(44)32-30-28-11-9-7-2)36-48-35-34-39(42(46)47)43(3,4)5/h18-19,38-39H,6-17,20-37H2,1-5H3/p+1/b19-18-. The molecule has 50 heavy (non-hydrogen) atoms. The largest absolute Gasteiger partial charge is 0.477 e. The number of allylic oxidation sites excluding steroid dienone is 2. The second-order valence-corrected chi connectivity index (χ2v) is 15.2. The van der Waals surface area contributed by atoms with E-state index >= 15 is 0 Å². The van der Waals surface area contributed by atoms with E-state index < -0.39 is 18.1 Å². The maximum atomic E-state index is 12.6. The molecule has 1 N–H and O–H groups in total. The van der Waals surface area contributed by atoms with Crippen LogP contribution in [0.2, 0.25) is 0 Å². The molecule has 0 fully saturated rings. The predicted molar refractivity (Wildman–Crippen MR) is 206 cm³/mol. The van der Waals surface area contributed by atoms with Crippen LogP contribution in [0.1, 0.15) is 187 Å². The average Bonchev–Trinajstić information content (AvgIpc) is 3.06. The molecule has 2 unspecified atom stereocenters. The zero-order valence-electron chi connectivity index (χ0n) is 33.4. The smallest absolute Gasteiger partial charge is 0.362 e. The number of carbonyl (C=O) groups is 3. The summed E-state index contributed by atoms with van der Waals surface area (Å²) in [6, 6.07) is -0.608. The van der Waals surface area contributed by atoms with Crippen molar-refractivity contribution in [1.82, 2.24) is 0 Å². The first kappa shape index (κ1) is 48.1. The van der Waals surface area contributed by atoms with Crippen molar-refractivity contribution >= 4 is 17.9 Å². The van der Waals surface area contributed by atoms with Gasteiger partial charge in [0.05, 0.1) is 34.4 Å². The van der Waals surface area contributed by atoms with Gasteiger partial charge in [-0.15, -0.1) is 0 Å². The van der Waals surface area contributed by atoms with Crippen molar-refractivity contribution in [1.29, 1.82) is 0 Å². The van der Waals surface area contributed by atoms with E-state index in [9.17, 15) is 19.5 Å². The summed E-state index contributed by atoms with van der Waals surface area (Å²) in [6.45, 7) is 4.66. The van der Waals surface area contributed by atoms with E-state index in [1.807, 2.05) is 21.1 Å². The van der Waals surface area contributed by atoms with Gasteiger partial charge in [0.15, 0.2) is 12.1 Å². The Bertz CT molecular complexity index is 838. The van der Waals surface area contributed by atoms with E-state index in [1.54, 1.807) is 0 Å². The first-order valence-corrected chi connectivity index (χ1v) is 20.7. The fourth-order valence-electron chi connectivity index (χ4n) is 6.14. The summed E-state index contributed by atoms with van der Waals surface area (Å²) in [5, 5.41) is 9.56. The highest BCUT2D eigenvalue weighted by molar-refractivity contribution is 5.72. The molecule has 0 saturated heterocycles. The molecule has 2 atom stereocenters. The molecule has 0 aliphatic carbocycles. The summed E-state index contributed by atoms with van der Waals surface area (Å²) in [4.78, 5) is 36.6. The Hall–Kier alpha value is -1.93. The van der Waals surface area contributed by atoms with Gasteiger partial charge in [0.1, 0.15) is 6.61 Å². The van der Waals surface area contributed by atoms with Crippen molar-refractivity contribution < 1.29 is 38.2 Å². The molecule has 0 saturated carbocycles. The number of carboxylic acid groups (broad SMARTS) is 1. The highest BCUT2D eigenvalue weighted by Gasteiger charge is 2.31. The summed E-state index contributed by atoms with van der Waals surface area (Å²) < 4.78 is 17.1. The predicted octanol–water partition coefficient (Wildman–Crippen LogP) is 10.7. The molecule has 0 bridgehead atoms. The van der Waals surface area contributed by atoms with Gasteiger partial charge in [-0.3, -0.25) is 9.59 Å². The second-order valence-electron chi connectivity index (χ2n) is 15.2. The Morgan fingerprint density at radius 1 is 0.580 bits per heavy atom. The fraction of sp³-hybridized carbons (Fsp3) is 0.881. The third-order valence-corrected chi connectivity index (χ3v) is 9.41. The Morgan fingerprint density at radius 3 is 1.44 bits per heavy atom. The van der Waals surface area contributed by atoms with Gasteiger partial charge in [0, 0.05) is 19.3 Å². The number of hydrogen-bond acceptors (Lipinski definition) is 6. The molecular formula is C42H80NO7+. The van der Waals surface area contributed by atoms with Crippen LogP contribution in [-0.4, -0.2) is 80.6 Å². The number of hydrogen-bond donors (Lipinski definition) is 1. The normalized spacial score (nSPS) is 13.1. The Kier molecular flexibility index (Phi) is 32.9. The molecule has 0 aliphatic rings. The average molecular weight is 711 g/mol. The lowest BCUT2D eigenvalue weighted by Gasteiger charge is -2.31. The van der Waals surface area contributed by atoms with Crippen LogP contribution >= 0.6 is 0 Å². The van der Waals surface area contributed by atoms with Gasteiger partial charge >= 0.3 is 17.9 Å². The number of nitrogens with zero attached hydrogens (tertiary/aromatic N) is 1. The zero-order valence-corrected chi connectivity index (χ0v) is 33.4. The van der Waals surface area contributed by atoms with Gasteiger partial charge in [-0.1, -0.05) is 142 Å². The first-order valence-electron chi connectivity index (χ1n) is 20.7. The number of aliphatic carboxylic acids is 1. The number of quaternary nitrogens is 1. The number of esters is 2. The Morgan fingerprint density at radius 2 is 1.00 bits per heavy atom. The van der Waals surface area contributed by atoms with Gasteiger partial charge in [0.25, 0.3) is 0 Å². The monoisotopic (exact) mass is 711 g/mol. The molecule has 0 heterocycles. The van der Waals surface area contributed by atoms with E-state index in [4.69, 9.17) is 14.2 Å². The lowest BCUT2D eigenvalue weighted by atomic mass is 10.1. The van der Waals surface area contributed by atoms with Crippen molar-refractivity contribution in [3.8, 4) is 0 Å². The highest BCUT2D eigenvalue weighted by Crippen LogP contribution is 2.14. The third kappa shape index (κ3) is 32.0. The van der Waals surface area contributed by atoms with Gasteiger partial charge in [0.2, 0.25) is 0 Å². The summed E-state index contributed by atoms with van der Waals surface area (Å²) in [7, 11) is 5.51. The molecular weight excluding hydrogens is 630 g/mol. The van der Waals surface area contributed by atoms with E-state index in [0.717, 1.165) is 44.9 Å². The molecule has 0 radical (unpaired) electrons. The van der Waals surface area contributed by atoms with Crippen LogP contribution in [0.25, 0.3) is 0 Å². The van der Waals surface area contributed by atoms with Crippen molar-refractivity contribution in [2.24, 2.45) is 0 Å². The Balaban J connectivity index is 4.13. The minimum Gasteiger partial charge on any atom is -0.477 e. The van der Waals surface area contributed by atoms with Crippen molar-refractivity contribution in [2.75, 3.05) is 41.0 Å². The van der Waals surface area contributed by atoms with Gasteiger partial charge in [-0.2, -0.15) is 0 Å². The van der Waals surface area contributed by atoms with Crippen LogP contribution in [-0.2, 0) is 28.6 Å². The first-order chi connectivity index (χ1) is 24.1. The van der Waals surface area contributed by atoms with Crippen LogP contribution in [0.4, 0.5) is 0 Å². The Labute approximate surface area is 308 Å². The van der Waals surface area contributed by atoms with Crippen LogP contribution in [0, 0.1) is 0 Å². The van der Waals surface area contributed by atoms with Crippen molar-refractivity contribution in [3.63, 3.8) is 0 Å². The SMILES string of the molecule is CCCCCCCCCC/C=C\CCCCCCCCCCCC(=O)OC(COCCC(C(=O)O)[N+](C)(C)C)COC(=O)CCCCCCC. The van der Waals surface area contributed by atoms with Crippen molar-refractivity contribution in [3.05, 3.63) is 12.2 Å². The second kappa shape index (κ2) is 34.2. The van der Waals surface area contributed by atoms with Crippen LogP contribution in [0.3, 0.4) is 0 Å². The fourth-order valence-corrected chi connectivity index (χ4v) is 6.14. The molecule has 8 heteroatoms. The summed E-state index contributed by atoms with van der Waals surface area (Å²) in [6.07, 6.45) is 34.4. The molecule has 0 rings (SSSR count). The van der Waals surface area contributed by atoms with Crippen molar-refractivity contribution in [2.45, 2.75) is 199 Å². The zero-order chi connectivity index (χ0) is 37.1. The minimum atomic E-state index is -0.875. The minimum absolute atomic E-state index is 0.0488. The molecule has 294 valence electrons. The van der Waals surface area contributed by atoms with Gasteiger partial charge in [-0.25, -0.2) is 4.79 Å². The maximum absolute atomic E-state index is 12.6. The van der Waals surface area contributed by atoms with E-state index in [1.165, 1.54) is 109 Å². The molecule has 8 nitrogen and oxygen atoms in total. The highest BCUT2D eigenvalue weighted by atomic mass is 16.6. The number of ether oxygens (including phenoxy) is 3. The van der Waals surface area contributed by atoms with E-state index in [2.05, 4.69) is 26.0 Å². The quantitative estimate of drug-likeness (QED) is 0.0296. The molecule has 0 spiro atoms. The van der Waals surface area contributed by atoms with E-state index in [-0.39, 0.29) is 36.2 Å². The summed E-state index contributed by atoms with van der Waals surface area (Å²) in [5.74, 6) is -1.48. The van der Waals surface area contributed by atoms with Crippen LogP contribution in [0.5, 0.6) is 0 Å². The maximum Gasteiger partial charge on any atom is 0.362 e. The topological polar surface area (TPSA) is 99.1 Å². The number of carbonyl (C=O) groups excluding carboxylic acids is 2. The molecule has 0 aliphatic heterocycles. The lowest BCUT2D eigenvalue weighted by molar-refractivity contribution is -0.887. The third-order valence-electron chi connectivity index (χ3n) is 9.41. The lowest BCUT2D eigenvalue weighted by Crippen LogP contribution is -2.50. The number of rotatable bonds is 37. The van der Waals surface area contributed by atoms with Crippen LogP contribution in [0.15, 0.2) is 12.2 Å².